The maximum atomic E-state index is 4.95. The number of hydrogen-bond donors (Lipinski definition) is 1. The standard InChI is InChI=1S/C7H15NOS/c1-3-6-9-8-5-4-7-10-2/h3,8H,1,4-7H2,2H3. The molecule has 60 valence electrons. The van der Waals surface area contributed by atoms with Crippen LogP contribution in [0.4, 0.5) is 0 Å². The molecule has 3 heteroatoms. The van der Waals surface area contributed by atoms with Gasteiger partial charge in [0.05, 0.1) is 6.61 Å². The molecule has 1 N–H and O–H groups in total. The van der Waals surface area contributed by atoms with Crippen molar-refractivity contribution >= 4 is 11.8 Å². The minimum atomic E-state index is 0.583. The van der Waals surface area contributed by atoms with E-state index in [1.165, 1.54) is 5.75 Å². The predicted octanol–water partition coefficient (Wildman–Crippen LogP) is 1.45. The normalized spacial score (nSPS) is 9.70. The van der Waals surface area contributed by atoms with E-state index in [9.17, 15) is 0 Å². The predicted molar refractivity (Wildman–Crippen MR) is 47.2 cm³/mol. The van der Waals surface area contributed by atoms with Crippen LogP contribution in [0.2, 0.25) is 0 Å². The highest BCUT2D eigenvalue weighted by atomic mass is 32.2. The van der Waals surface area contributed by atoms with E-state index in [1.54, 1.807) is 6.08 Å². The summed E-state index contributed by atoms with van der Waals surface area (Å²) in [6, 6.07) is 0. The number of hydroxylamine groups is 1. The molecule has 10 heavy (non-hydrogen) atoms. The van der Waals surface area contributed by atoms with Crippen molar-refractivity contribution in [3.63, 3.8) is 0 Å². The smallest absolute Gasteiger partial charge is 0.0861 e. The Morgan fingerprint density at radius 1 is 1.70 bits per heavy atom. The van der Waals surface area contributed by atoms with Crippen molar-refractivity contribution in [2.45, 2.75) is 6.42 Å². The van der Waals surface area contributed by atoms with Crippen molar-refractivity contribution in [2.24, 2.45) is 0 Å². The average Bonchev–Trinajstić information content (AvgIpc) is 1.97. The van der Waals surface area contributed by atoms with Gasteiger partial charge in [-0.05, 0) is 18.4 Å². The second kappa shape index (κ2) is 9.01. The van der Waals surface area contributed by atoms with Crippen molar-refractivity contribution in [1.82, 2.24) is 5.48 Å². The van der Waals surface area contributed by atoms with Gasteiger partial charge < -0.3 is 0 Å². The highest BCUT2D eigenvalue weighted by molar-refractivity contribution is 7.98. The molecule has 0 rings (SSSR count). The van der Waals surface area contributed by atoms with Crippen LogP contribution in [-0.2, 0) is 4.84 Å². The lowest BCUT2D eigenvalue weighted by Gasteiger charge is -2.01. The Bertz CT molecular complexity index is 78.0. The van der Waals surface area contributed by atoms with Gasteiger partial charge in [0.25, 0.3) is 0 Å². The molecule has 0 amide bonds. The Morgan fingerprint density at radius 3 is 3.10 bits per heavy atom. The monoisotopic (exact) mass is 161 g/mol. The second-order valence-corrected chi connectivity index (χ2v) is 2.83. The van der Waals surface area contributed by atoms with Crippen molar-refractivity contribution in [1.29, 1.82) is 0 Å². The van der Waals surface area contributed by atoms with Crippen molar-refractivity contribution < 1.29 is 4.84 Å². The minimum Gasteiger partial charge on any atom is -0.298 e. The topological polar surface area (TPSA) is 21.3 Å². The van der Waals surface area contributed by atoms with Gasteiger partial charge in [0.2, 0.25) is 0 Å². The van der Waals surface area contributed by atoms with E-state index in [0.717, 1.165) is 13.0 Å². The molecule has 0 aromatic rings. The fourth-order valence-corrected chi connectivity index (χ4v) is 0.912. The first kappa shape index (κ1) is 10.0. The zero-order chi connectivity index (χ0) is 7.66. The number of rotatable bonds is 7. The fraction of sp³-hybridized carbons (Fsp3) is 0.714. The summed E-state index contributed by atoms with van der Waals surface area (Å²) in [4.78, 5) is 4.95. The zero-order valence-corrected chi connectivity index (χ0v) is 7.25. The van der Waals surface area contributed by atoms with Crippen LogP contribution in [0.5, 0.6) is 0 Å². The summed E-state index contributed by atoms with van der Waals surface area (Å²) in [6.45, 7) is 5.03. The average molecular weight is 161 g/mol. The van der Waals surface area contributed by atoms with Crippen LogP contribution in [0, 0.1) is 0 Å². The van der Waals surface area contributed by atoms with E-state index in [0.29, 0.717) is 6.61 Å². The second-order valence-electron chi connectivity index (χ2n) is 1.84. The first-order valence-electron chi connectivity index (χ1n) is 3.36. The molecule has 0 radical (unpaired) electrons. The summed E-state index contributed by atoms with van der Waals surface area (Å²) in [6.07, 6.45) is 4.98. The molecular weight excluding hydrogens is 146 g/mol. The van der Waals surface area contributed by atoms with Crippen LogP contribution in [0.1, 0.15) is 6.42 Å². The molecule has 2 nitrogen and oxygen atoms in total. The molecule has 0 unspecified atom stereocenters. The summed E-state index contributed by atoms with van der Waals surface area (Å²) >= 11 is 1.85. The summed E-state index contributed by atoms with van der Waals surface area (Å²) in [5.74, 6) is 1.18. The van der Waals surface area contributed by atoms with Gasteiger partial charge >= 0.3 is 0 Å². The fourth-order valence-electron chi connectivity index (χ4n) is 0.479. The number of hydrogen-bond acceptors (Lipinski definition) is 3. The lowest BCUT2D eigenvalue weighted by atomic mass is 10.5. The molecule has 0 aliphatic carbocycles. The highest BCUT2D eigenvalue weighted by Crippen LogP contribution is 1.92. The molecule has 0 saturated heterocycles. The molecule has 0 bridgehead atoms. The summed E-state index contributed by atoms with van der Waals surface area (Å²) in [5.41, 5.74) is 2.84. The third-order valence-corrected chi connectivity index (χ3v) is 1.63. The van der Waals surface area contributed by atoms with E-state index >= 15 is 0 Å². The quantitative estimate of drug-likeness (QED) is 0.347. The van der Waals surface area contributed by atoms with E-state index in [1.807, 2.05) is 11.8 Å². The number of thioether (sulfide) groups is 1. The first-order chi connectivity index (χ1) is 4.91. The maximum Gasteiger partial charge on any atom is 0.0861 e. The van der Waals surface area contributed by atoms with Crippen molar-refractivity contribution in [2.75, 3.05) is 25.2 Å². The van der Waals surface area contributed by atoms with E-state index < -0.39 is 0 Å². The van der Waals surface area contributed by atoms with Gasteiger partial charge in [0.15, 0.2) is 0 Å². The van der Waals surface area contributed by atoms with Crippen LogP contribution in [0.15, 0.2) is 12.7 Å². The Kier molecular flexibility index (Phi) is 9.02. The Hall–Kier alpha value is 0.0100. The Labute approximate surface area is 67.0 Å². The molecule has 0 aliphatic rings. The largest absolute Gasteiger partial charge is 0.298 e. The lowest BCUT2D eigenvalue weighted by Crippen LogP contribution is -2.16. The van der Waals surface area contributed by atoms with Gasteiger partial charge in [0.1, 0.15) is 0 Å². The molecule has 0 spiro atoms. The van der Waals surface area contributed by atoms with Gasteiger partial charge in [-0.2, -0.15) is 11.8 Å². The third-order valence-electron chi connectivity index (χ3n) is 0.931. The van der Waals surface area contributed by atoms with Crippen LogP contribution in [0.25, 0.3) is 0 Å². The molecular formula is C7H15NOS. The Balaban J connectivity index is 2.70. The van der Waals surface area contributed by atoms with Gasteiger partial charge in [-0.15, -0.1) is 6.58 Å². The van der Waals surface area contributed by atoms with Gasteiger partial charge in [-0.1, -0.05) is 6.08 Å². The molecule has 0 fully saturated rings. The van der Waals surface area contributed by atoms with Gasteiger partial charge in [0, 0.05) is 6.54 Å². The van der Waals surface area contributed by atoms with Crippen LogP contribution >= 0.6 is 11.8 Å². The SMILES string of the molecule is C=CCONCCCSC. The zero-order valence-electron chi connectivity index (χ0n) is 6.43. The summed E-state index contributed by atoms with van der Waals surface area (Å²) < 4.78 is 0. The van der Waals surface area contributed by atoms with E-state index in [4.69, 9.17) is 4.84 Å². The van der Waals surface area contributed by atoms with Crippen molar-refractivity contribution in [3.8, 4) is 0 Å². The van der Waals surface area contributed by atoms with Crippen LogP contribution in [-0.4, -0.2) is 25.2 Å². The molecule has 0 saturated carbocycles. The highest BCUT2D eigenvalue weighted by Gasteiger charge is 1.84. The van der Waals surface area contributed by atoms with Crippen LogP contribution < -0.4 is 5.48 Å². The summed E-state index contributed by atoms with van der Waals surface area (Å²) in [7, 11) is 0. The van der Waals surface area contributed by atoms with Crippen molar-refractivity contribution in [3.05, 3.63) is 12.7 Å². The maximum absolute atomic E-state index is 4.95. The summed E-state index contributed by atoms with van der Waals surface area (Å²) in [5, 5.41) is 0. The third kappa shape index (κ3) is 8.01. The Morgan fingerprint density at radius 2 is 2.50 bits per heavy atom. The first-order valence-corrected chi connectivity index (χ1v) is 4.75. The molecule has 0 atom stereocenters. The van der Waals surface area contributed by atoms with E-state index in [-0.39, 0.29) is 0 Å². The van der Waals surface area contributed by atoms with Crippen LogP contribution in [0.3, 0.4) is 0 Å². The molecule has 0 aromatic heterocycles. The number of nitrogens with one attached hydrogen (secondary N) is 1. The molecule has 0 heterocycles. The molecule has 0 aromatic carbocycles. The lowest BCUT2D eigenvalue weighted by molar-refractivity contribution is 0.0631. The van der Waals surface area contributed by atoms with E-state index in [2.05, 4.69) is 18.3 Å². The van der Waals surface area contributed by atoms with Gasteiger partial charge in [-0.25, -0.2) is 5.48 Å². The van der Waals surface area contributed by atoms with Gasteiger partial charge in [-0.3, -0.25) is 4.84 Å². The minimum absolute atomic E-state index is 0.583. The molecule has 0 aliphatic heterocycles.